The summed E-state index contributed by atoms with van der Waals surface area (Å²) in [5, 5.41) is 0.663. The van der Waals surface area contributed by atoms with Gasteiger partial charge in [-0.3, -0.25) is 9.59 Å². The maximum Gasteiger partial charge on any atom is 0.263 e. The average Bonchev–Trinajstić information content (AvgIpc) is 2.69. The predicted molar refractivity (Wildman–Crippen MR) is 105 cm³/mol. The third-order valence-electron chi connectivity index (χ3n) is 4.53. The summed E-state index contributed by atoms with van der Waals surface area (Å²) in [6.07, 6.45) is -0.676. The Morgan fingerprint density at radius 3 is 2.21 bits per heavy atom. The predicted octanol–water partition coefficient (Wildman–Crippen LogP) is 3.88. The zero-order chi connectivity index (χ0) is 20.3. The first-order valence-corrected chi connectivity index (χ1v) is 9.56. The van der Waals surface area contributed by atoms with Crippen molar-refractivity contribution >= 4 is 35.0 Å². The lowest BCUT2D eigenvalue weighted by Crippen LogP contribution is -2.53. The number of ether oxygens (including phenoxy) is 1. The van der Waals surface area contributed by atoms with Gasteiger partial charge in [0.05, 0.1) is 10.6 Å². The molecule has 148 valence electrons. The summed E-state index contributed by atoms with van der Waals surface area (Å²) in [6.45, 7) is 2.94. The Balaban J connectivity index is 1.57. The van der Waals surface area contributed by atoms with Crippen molar-refractivity contribution in [1.29, 1.82) is 0 Å². The van der Waals surface area contributed by atoms with E-state index >= 15 is 0 Å². The molecule has 0 N–H and O–H groups in total. The fourth-order valence-corrected chi connectivity index (χ4v) is 3.38. The molecule has 1 heterocycles. The quantitative estimate of drug-likeness (QED) is 0.747. The zero-order valence-electron chi connectivity index (χ0n) is 15.2. The van der Waals surface area contributed by atoms with Gasteiger partial charge < -0.3 is 14.5 Å². The van der Waals surface area contributed by atoms with Gasteiger partial charge in [0.1, 0.15) is 11.6 Å². The minimum atomic E-state index is -0.676. The first-order valence-electron chi connectivity index (χ1n) is 8.81. The maximum absolute atomic E-state index is 14.0. The lowest BCUT2D eigenvalue weighted by Gasteiger charge is -2.36. The van der Waals surface area contributed by atoms with Crippen molar-refractivity contribution < 1.29 is 18.7 Å². The van der Waals surface area contributed by atoms with Gasteiger partial charge in [-0.1, -0.05) is 29.3 Å². The Morgan fingerprint density at radius 1 is 1.00 bits per heavy atom. The van der Waals surface area contributed by atoms with Gasteiger partial charge in [-0.2, -0.15) is 0 Å². The van der Waals surface area contributed by atoms with E-state index in [1.54, 1.807) is 36.1 Å². The second kappa shape index (κ2) is 8.80. The fourth-order valence-electron chi connectivity index (χ4n) is 3.01. The van der Waals surface area contributed by atoms with Crippen LogP contribution in [0.3, 0.4) is 0 Å². The Morgan fingerprint density at radius 2 is 1.61 bits per heavy atom. The molecule has 1 aliphatic rings. The van der Waals surface area contributed by atoms with Gasteiger partial charge >= 0.3 is 0 Å². The summed E-state index contributed by atoms with van der Waals surface area (Å²) < 4.78 is 19.6. The second-order valence-electron chi connectivity index (χ2n) is 6.43. The summed E-state index contributed by atoms with van der Waals surface area (Å²) in [5.41, 5.74) is -0.136. The minimum Gasteiger partial charge on any atom is -0.481 e. The van der Waals surface area contributed by atoms with E-state index in [9.17, 15) is 14.0 Å². The van der Waals surface area contributed by atoms with Gasteiger partial charge in [0.2, 0.25) is 0 Å². The third-order valence-corrected chi connectivity index (χ3v) is 5.10. The van der Waals surface area contributed by atoms with Gasteiger partial charge in [-0.15, -0.1) is 0 Å². The topological polar surface area (TPSA) is 49.9 Å². The summed E-state index contributed by atoms with van der Waals surface area (Å²) in [7, 11) is 0. The molecule has 0 spiro atoms. The van der Waals surface area contributed by atoms with Crippen LogP contribution in [0.15, 0.2) is 42.5 Å². The lowest BCUT2D eigenvalue weighted by atomic mass is 10.1. The van der Waals surface area contributed by atoms with Crippen LogP contribution in [-0.4, -0.2) is 53.9 Å². The Labute approximate surface area is 172 Å². The number of nitrogens with zero attached hydrogens (tertiary/aromatic N) is 2. The molecule has 0 aromatic heterocycles. The van der Waals surface area contributed by atoms with Crippen LogP contribution >= 0.6 is 23.2 Å². The molecular weight excluding hydrogens is 406 g/mol. The van der Waals surface area contributed by atoms with Crippen LogP contribution in [0.5, 0.6) is 5.75 Å². The highest BCUT2D eigenvalue weighted by Crippen LogP contribution is 2.22. The van der Waals surface area contributed by atoms with Gasteiger partial charge in [-0.05, 0) is 43.3 Å². The molecule has 1 atom stereocenters. The SMILES string of the molecule is CC(Oc1ccc(Cl)cc1)C(=O)N1CCN(C(=O)c2c(F)cccc2Cl)CC1. The Hall–Kier alpha value is -2.31. The minimum absolute atomic E-state index is 0.0773. The number of rotatable bonds is 4. The number of halogens is 3. The molecule has 0 aliphatic carbocycles. The van der Waals surface area contributed by atoms with Crippen molar-refractivity contribution in [2.24, 2.45) is 0 Å². The fraction of sp³-hybridized carbons (Fsp3) is 0.300. The highest BCUT2D eigenvalue weighted by Gasteiger charge is 2.30. The maximum atomic E-state index is 14.0. The standard InChI is InChI=1S/C20H19Cl2FN2O3/c1-13(28-15-7-5-14(21)6-8-15)19(26)24-9-11-25(12-10-24)20(27)18-16(22)3-2-4-17(18)23/h2-8,13H,9-12H2,1H3. The van der Waals surface area contributed by atoms with Crippen LogP contribution in [-0.2, 0) is 4.79 Å². The number of carbonyl (C=O) groups is 2. The molecule has 0 saturated carbocycles. The summed E-state index contributed by atoms with van der Waals surface area (Å²) in [4.78, 5) is 28.3. The molecule has 2 amide bonds. The number of hydrogen-bond donors (Lipinski definition) is 0. The summed E-state index contributed by atoms with van der Waals surface area (Å²) >= 11 is 11.8. The van der Waals surface area contributed by atoms with Crippen LogP contribution < -0.4 is 4.74 Å². The number of carbonyl (C=O) groups excluding carboxylic acids is 2. The number of hydrogen-bond acceptors (Lipinski definition) is 3. The molecule has 1 saturated heterocycles. The summed E-state index contributed by atoms with van der Waals surface area (Å²) in [6, 6.07) is 10.9. The Bertz CT molecular complexity index is 848. The van der Waals surface area contributed by atoms with Crippen molar-refractivity contribution in [3.63, 3.8) is 0 Å². The van der Waals surface area contributed by atoms with E-state index in [1.165, 1.54) is 23.1 Å². The van der Waals surface area contributed by atoms with E-state index in [0.717, 1.165) is 0 Å². The van der Waals surface area contributed by atoms with Crippen molar-refractivity contribution in [2.45, 2.75) is 13.0 Å². The molecule has 1 fully saturated rings. The smallest absolute Gasteiger partial charge is 0.263 e. The first kappa shape index (κ1) is 20.4. The van der Waals surface area contributed by atoms with Gasteiger partial charge in [0.15, 0.2) is 6.10 Å². The highest BCUT2D eigenvalue weighted by atomic mass is 35.5. The monoisotopic (exact) mass is 424 g/mol. The first-order chi connectivity index (χ1) is 13.4. The molecule has 0 bridgehead atoms. The van der Waals surface area contributed by atoms with Gasteiger partial charge in [-0.25, -0.2) is 4.39 Å². The molecule has 8 heteroatoms. The molecule has 2 aromatic rings. The van der Waals surface area contributed by atoms with Crippen molar-refractivity contribution in [3.8, 4) is 5.75 Å². The zero-order valence-corrected chi connectivity index (χ0v) is 16.7. The van der Waals surface area contributed by atoms with Crippen LogP contribution in [0.2, 0.25) is 10.0 Å². The average molecular weight is 425 g/mol. The van der Waals surface area contributed by atoms with Gasteiger partial charge in [0.25, 0.3) is 11.8 Å². The molecule has 2 aromatic carbocycles. The molecule has 0 radical (unpaired) electrons. The van der Waals surface area contributed by atoms with Crippen LogP contribution in [0.25, 0.3) is 0 Å². The van der Waals surface area contributed by atoms with Gasteiger partial charge in [0, 0.05) is 31.2 Å². The Kier molecular flexibility index (Phi) is 6.42. The van der Waals surface area contributed by atoms with Crippen molar-refractivity contribution in [1.82, 2.24) is 9.80 Å². The lowest BCUT2D eigenvalue weighted by molar-refractivity contribution is -0.139. The molecule has 1 aliphatic heterocycles. The second-order valence-corrected chi connectivity index (χ2v) is 7.27. The molecule has 1 unspecified atom stereocenters. The molecule has 3 rings (SSSR count). The number of amides is 2. The normalized spacial score (nSPS) is 15.3. The van der Waals surface area contributed by atoms with Crippen LogP contribution in [0.1, 0.15) is 17.3 Å². The number of benzene rings is 2. The van der Waals surface area contributed by atoms with Crippen molar-refractivity contribution in [3.05, 3.63) is 63.9 Å². The largest absolute Gasteiger partial charge is 0.481 e. The van der Waals surface area contributed by atoms with E-state index in [1.807, 2.05) is 0 Å². The summed E-state index contributed by atoms with van der Waals surface area (Å²) in [5.74, 6) is -0.749. The molecular formula is C20H19Cl2FN2O3. The molecule has 5 nitrogen and oxygen atoms in total. The third kappa shape index (κ3) is 4.56. The van der Waals surface area contributed by atoms with E-state index in [4.69, 9.17) is 27.9 Å². The highest BCUT2D eigenvalue weighted by molar-refractivity contribution is 6.33. The molecule has 28 heavy (non-hydrogen) atoms. The van der Waals surface area contributed by atoms with Crippen LogP contribution in [0, 0.1) is 5.82 Å². The van der Waals surface area contributed by atoms with Crippen LogP contribution in [0.4, 0.5) is 4.39 Å². The van der Waals surface area contributed by atoms with E-state index in [-0.39, 0.29) is 16.5 Å². The van der Waals surface area contributed by atoms with E-state index in [0.29, 0.717) is 37.0 Å². The van der Waals surface area contributed by atoms with E-state index in [2.05, 4.69) is 0 Å². The number of piperazine rings is 1. The van der Waals surface area contributed by atoms with E-state index < -0.39 is 17.8 Å². The van der Waals surface area contributed by atoms with Crippen molar-refractivity contribution in [2.75, 3.05) is 26.2 Å².